The van der Waals surface area contributed by atoms with Gasteiger partial charge in [0.2, 0.25) is 6.69 Å². The highest BCUT2D eigenvalue weighted by Crippen LogP contribution is 2.26. The normalized spacial score (nSPS) is 11.1. The van der Waals surface area contributed by atoms with Gasteiger partial charge in [-0.05, 0) is 64.7 Å². The first-order valence-corrected chi connectivity index (χ1v) is 26.3. The molecule has 228 valence electrons. The third kappa shape index (κ3) is 38.0. The number of halogens is 6. The molecule has 0 aromatic heterocycles. The lowest BCUT2D eigenvalue weighted by atomic mass is 10.4. The van der Waals surface area contributed by atoms with Crippen LogP contribution in [0.3, 0.4) is 0 Å². The van der Waals surface area contributed by atoms with Crippen LogP contribution >= 0.6 is 66.5 Å². The Morgan fingerprint density at radius 3 is 1.08 bits per heavy atom. The maximum Gasteiger partial charge on any atom is 0.341 e. The van der Waals surface area contributed by atoms with Crippen LogP contribution in [0.5, 0.6) is 0 Å². The van der Waals surface area contributed by atoms with E-state index in [9.17, 15) is 14.4 Å². The lowest BCUT2D eigenvalue weighted by molar-refractivity contribution is -0.139. The van der Waals surface area contributed by atoms with E-state index in [4.69, 9.17) is 80.7 Å². The highest BCUT2D eigenvalue weighted by molar-refractivity contribution is 7.64. The van der Waals surface area contributed by atoms with E-state index in [2.05, 4.69) is 32.8 Å². The standard InChI is InChI=1S/C9H17ClO2Si.C8H14Cl2O2Si.C7H11Cl3O2Si/c1-8(2)9(11)12-6-5-7-13(3,4)10;1-7(2)8(11)12-5-4-6-13(3,9)10;1-6(2)7(11)12-4-3-5-13(8,9)10/h1,5-7H2,2-4H3;1,4-6H2,2-3H3;1,3-5H2,2H3. The van der Waals surface area contributed by atoms with Crippen LogP contribution < -0.4 is 0 Å². The molecule has 6 nitrogen and oxygen atoms in total. The van der Waals surface area contributed by atoms with E-state index in [0.717, 1.165) is 24.9 Å². The molecule has 0 saturated heterocycles. The van der Waals surface area contributed by atoms with Crippen LogP contribution in [0.1, 0.15) is 40.0 Å². The first-order valence-electron chi connectivity index (χ1n) is 12.1. The van der Waals surface area contributed by atoms with Crippen molar-refractivity contribution >= 4 is 104 Å². The third-order valence-electron chi connectivity index (χ3n) is 4.03. The van der Waals surface area contributed by atoms with Crippen molar-refractivity contribution in [3.63, 3.8) is 0 Å². The molecule has 0 N–H and O–H groups in total. The Kier molecular flexibility index (Phi) is 25.2. The van der Waals surface area contributed by atoms with Crippen LogP contribution in [0, 0.1) is 0 Å². The zero-order valence-electron chi connectivity index (χ0n) is 23.7. The summed E-state index contributed by atoms with van der Waals surface area (Å²) in [5, 5.41) is 0. The van der Waals surface area contributed by atoms with Crippen LogP contribution in [0.15, 0.2) is 36.5 Å². The lowest BCUT2D eigenvalue weighted by Crippen LogP contribution is -2.17. The predicted molar refractivity (Wildman–Crippen MR) is 176 cm³/mol. The molecule has 0 aromatic rings. The molecular formula is C24H42Cl6O6Si3. The summed E-state index contributed by atoms with van der Waals surface area (Å²) in [5.41, 5.74) is 1.24. The SMILES string of the molecule is C=C(C)C(=O)OCCC[Si](C)(C)Cl.C=C(C)C(=O)OCCC[Si](C)(Cl)Cl.C=C(C)C(=O)OCCC[Si](Cl)(Cl)Cl. The van der Waals surface area contributed by atoms with Crippen LogP contribution in [-0.2, 0) is 28.6 Å². The smallest absolute Gasteiger partial charge is 0.341 e. The molecular weight excluding hydrogens is 681 g/mol. The summed E-state index contributed by atoms with van der Waals surface area (Å²) in [6.45, 7) is 20.3. The minimum Gasteiger partial charge on any atom is -0.462 e. The topological polar surface area (TPSA) is 78.9 Å². The summed E-state index contributed by atoms with van der Waals surface area (Å²) in [7, 11) is -1.50. The molecule has 0 atom stereocenters. The van der Waals surface area contributed by atoms with Gasteiger partial charge in [-0.25, -0.2) is 14.4 Å². The van der Waals surface area contributed by atoms with E-state index in [0.29, 0.717) is 42.4 Å². The molecule has 0 aliphatic carbocycles. The number of hydrogen-bond acceptors (Lipinski definition) is 6. The summed E-state index contributed by atoms with van der Waals surface area (Å²) in [6, 6.07) is -0.346. The van der Waals surface area contributed by atoms with E-state index in [1.807, 2.05) is 6.55 Å². The molecule has 39 heavy (non-hydrogen) atoms. The molecule has 0 bridgehead atoms. The highest BCUT2D eigenvalue weighted by Gasteiger charge is 2.24. The number of carbonyl (C=O) groups is 3. The Morgan fingerprint density at radius 2 is 0.846 bits per heavy atom. The Bertz CT molecular complexity index is 701. The van der Waals surface area contributed by atoms with Gasteiger partial charge in [0.05, 0.1) is 19.8 Å². The maximum absolute atomic E-state index is 10.9. The molecule has 0 aromatic carbocycles. The molecule has 0 unspecified atom stereocenters. The van der Waals surface area contributed by atoms with Gasteiger partial charge in [0.15, 0.2) is 7.38 Å². The van der Waals surface area contributed by atoms with Gasteiger partial charge in [0, 0.05) is 16.7 Å². The number of carbonyl (C=O) groups excluding carboxylic acids is 3. The minimum atomic E-state index is -2.55. The average Bonchev–Trinajstić information content (AvgIpc) is 2.75. The number of rotatable bonds is 15. The van der Waals surface area contributed by atoms with Gasteiger partial charge in [-0.1, -0.05) is 32.8 Å². The van der Waals surface area contributed by atoms with Crippen molar-refractivity contribution in [1.82, 2.24) is 0 Å². The molecule has 0 heterocycles. The van der Waals surface area contributed by atoms with Gasteiger partial charge in [-0.15, -0.1) is 55.4 Å². The van der Waals surface area contributed by atoms with Gasteiger partial charge >= 0.3 is 23.9 Å². The van der Waals surface area contributed by atoms with Crippen molar-refractivity contribution in [1.29, 1.82) is 0 Å². The monoisotopic (exact) mass is 720 g/mol. The van der Waals surface area contributed by atoms with Crippen molar-refractivity contribution in [3.8, 4) is 0 Å². The van der Waals surface area contributed by atoms with Crippen LogP contribution in [-0.4, -0.2) is 57.8 Å². The molecule has 0 radical (unpaired) electrons. The summed E-state index contributed by atoms with van der Waals surface area (Å²) in [4.78, 5) is 32.7. The summed E-state index contributed by atoms with van der Waals surface area (Å²) in [5.74, 6) is -1.06. The molecule has 0 aliphatic heterocycles. The van der Waals surface area contributed by atoms with E-state index in [-0.39, 0.29) is 18.5 Å². The fourth-order valence-electron chi connectivity index (χ4n) is 2.01. The number of esters is 3. The second-order valence-corrected chi connectivity index (χ2v) is 34.0. The molecule has 0 saturated carbocycles. The predicted octanol–water partition coefficient (Wildman–Crippen LogP) is 9.14. The van der Waals surface area contributed by atoms with Crippen LogP contribution in [0.4, 0.5) is 0 Å². The zero-order valence-corrected chi connectivity index (χ0v) is 31.2. The van der Waals surface area contributed by atoms with Crippen molar-refractivity contribution in [3.05, 3.63) is 36.5 Å². The van der Waals surface area contributed by atoms with Gasteiger partial charge in [-0.3, -0.25) is 0 Å². The van der Waals surface area contributed by atoms with Crippen molar-refractivity contribution in [2.45, 2.75) is 77.8 Å². The van der Waals surface area contributed by atoms with E-state index in [1.54, 1.807) is 20.8 Å². The average molecular weight is 724 g/mol. The largest absolute Gasteiger partial charge is 0.462 e. The van der Waals surface area contributed by atoms with E-state index < -0.39 is 26.0 Å². The van der Waals surface area contributed by atoms with Gasteiger partial charge < -0.3 is 14.2 Å². The lowest BCUT2D eigenvalue weighted by Gasteiger charge is -2.12. The number of hydrogen-bond donors (Lipinski definition) is 0. The summed E-state index contributed by atoms with van der Waals surface area (Å²) < 4.78 is 14.6. The van der Waals surface area contributed by atoms with Gasteiger partial charge in [0.25, 0.3) is 0 Å². The van der Waals surface area contributed by atoms with Crippen molar-refractivity contribution in [2.75, 3.05) is 19.8 Å². The Morgan fingerprint density at radius 1 is 0.564 bits per heavy atom. The second-order valence-electron chi connectivity index (χ2n) is 9.46. The highest BCUT2D eigenvalue weighted by atomic mass is 35.8. The zero-order chi connectivity index (χ0) is 31.4. The molecule has 0 rings (SSSR count). The molecule has 0 amide bonds. The van der Waals surface area contributed by atoms with Crippen LogP contribution in [0.25, 0.3) is 0 Å². The van der Waals surface area contributed by atoms with Gasteiger partial charge in [-0.2, -0.15) is 11.1 Å². The minimum absolute atomic E-state index is 0.284. The van der Waals surface area contributed by atoms with Gasteiger partial charge in [0.1, 0.15) is 0 Å². The summed E-state index contributed by atoms with van der Waals surface area (Å²) >= 11 is 34.7. The fraction of sp³-hybridized carbons (Fsp3) is 0.625. The fourth-order valence-corrected chi connectivity index (χ4v) is 6.71. The molecule has 0 aliphatic rings. The first-order chi connectivity index (χ1) is 17.5. The van der Waals surface area contributed by atoms with E-state index >= 15 is 0 Å². The first kappa shape index (κ1) is 43.5. The maximum atomic E-state index is 10.9. The molecule has 0 fully saturated rings. The van der Waals surface area contributed by atoms with Crippen molar-refractivity contribution < 1.29 is 28.6 Å². The second kappa shape index (κ2) is 22.6. The van der Waals surface area contributed by atoms with E-state index in [1.165, 1.54) is 0 Å². The Hall–Kier alpha value is 0.0206. The quantitative estimate of drug-likeness (QED) is 0.0419. The van der Waals surface area contributed by atoms with Crippen molar-refractivity contribution in [2.24, 2.45) is 0 Å². The molecule has 0 spiro atoms. The number of ether oxygens (including phenoxy) is 3. The Balaban J connectivity index is -0.000000498. The summed E-state index contributed by atoms with van der Waals surface area (Å²) in [6.07, 6.45) is 2.15. The Labute approximate surface area is 265 Å². The third-order valence-corrected chi connectivity index (χ3v) is 11.1. The molecule has 15 heteroatoms. The van der Waals surface area contributed by atoms with Crippen LogP contribution in [0.2, 0.25) is 37.8 Å².